The molecule has 0 aliphatic carbocycles. The minimum Gasteiger partial charge on any atom is -0.392 e. The first-order valence-corrected chi connectivity index (χ1v) is 7.94. The van der Waals surface area contributed by atoms with Crippen molar-refractivity contribution in [2.75, 3.05) is 11.9 Å². The van der Waals surface area contributed by atoms with Crippen LogP contribution in [0.1, 0.15) is 11.8 Å². The van der Waals surface area contributed by atoms with Gasteiger partial charge in [-0.15, -0.1) is 11.3 Å². The second-order valence-corrected chi connectivity index (χ2v) is 6.75. The number of fused-ring (bicyclic) bond motifs is 1. The smallest absolute Gasteiger partial charge is 0.204 e. The van der Waals surface area contributed by atoms with Crippen LogP contribution in [0.5, 0.6) is 0 Å². The summed E-state index contributed by atoms with van der Waals surface area (Å²) in [5.74, 6) is 0.765. The maximum absolute atomic E-state index is 9.46. The van der Waals surface area contributed by atoms with Crippen LogP contribution in [0.2, 0.25) is 4.34 Å². The molecule has 110 valence electrons. The van der Waals surface area contributed by atoms with E-state index < -0.39 is 6.10 Å². The fourth-order valence-corrected chi connectivity index (χ4v) is 3.28. The number of anilines is 1. The van der Waals surface area contributed by atoms with Gasteiger partial charge in [-0.1, -0.05) is 23.7 Å². The molecule has 3 rings (SSSR count). The van der Waals surface area contributed by atoms with Gasteiger partial charge >= 0.3 is 0 Å². The number of imidazole rings is 1. The van der Waals surface area contributed by atoms with Crippen molar-refractivity contribution < 1.29 is 5.11 Å². The molecule has 0 aliphatic rings. The highest BCUT2D eigenvalue weighted by molar-refractivity contribution is 7.16. The Hall–Kier alpha value is -1.56. The van der Waals surface area contributed by atoms with Gasteiger partial charge in [-0.3, -0.25) is 0 Å². The highest BCUT2D eigenvalue weighted by Gasteiger charge is 2.12. The van der Waals surface area contributed by atoms with E-state index in [4.69, 9.17) is 11.6 Å². The maximum Gasteiger partial charge on any atom is 0.204 e. The lowest BCUT2D eigenvalue weighted by atomic mass is 10.3. The molecule has 2 N–H and O–H groups in total. The van der Waals surface area contributed by atoms with E-state index in [-0.39, 0.29) is 0 Å². The molecule has 4 nitrogen and oxygen atoms in total. The SMILES string of the molecule is CC(O)CNc1nc2ccccc2n1Cc1ccc(Cl)s1. The van der Waals surface area contributed by atoms with E-state index >= 15 is 0 Å². The van der Waals surface area contributed by atoms with Gasteiger partial charge in [0.2, 0.25) is 5.95 Å². The second-order valence-electron chi connectivity index (χ2n) is 4.95. The summed E-state index contributed by atoms with van der Waals surface area (Å²) in [6.45, 7) is 2.92. The molecule has 2 aromatic heterocycles. The van der Waals surface area contributed by atoms with Crippen LogP contribution < -0.4 is 5.32 Å². The lowest BCUT2D eigenvalue weighted by Crippen LogP contribution is -2.18. The average molecular weight is 322 g/mol. The minimum absolute atomic E-state index is 0.422. The maximum atomic E-state index is 9.46. The summed E-state index contributed by atoms with van der Waals surface area (Å²) in [5, 5.41) is 12.7. The van der Waals surface area contributed by atoms with Gasteiger partial charge in [-0.2, -0.15) is 0 Å². The predicted molar refractivity (Wildman–Crippen MR) is 88.3 cm³/mol. The lowest BCUT2D eigenvalue weighted by Gasteiger charge is -2.11. The van der Waals surface area contributed by atoms with E-state index in [1.807, 2.05) is 36.4 Å². The molecule has 0 bridgehead atoms. The molecule has 0 spiro atoms. The largest absolute Gasteiger partial charge is 0.392 e. The number of aliphatic hydroxyl groups is 1. The van der Waals surface area contributed by atoms with Crippen LogP contribution in [0.4, 0.5) is 5.95 Å². The van der Waals surface area contributed by atoms with Gasteiger partial charge in [-0.25, -0.2) is 4.98 Å². The fraction of sp³-hybridized carbons (Fsp3) is 0.267. The van der Waals surface area contributed by atoms with Gasteiger partial charge < -0.3 is 15.0 Å². The Bertz CT molecular complexity index is 750. The molecule has 1 unspecified atom stereocenters. The third-order valence-corrected chi connectivity index (χ3v) is 4.37. The first-order valence-electron chi connectivity index (χ1n) is 6.75. The molecule has 3 aromatic rings. The molecular formula is C15H16ClN3OS. The standard InChI is InChI=1S/C15H16ClN3OS/c1-10(20)8-17-15-18-12-4-2-3-5-13(12)19(15)9-11-6-7-14(16)21-11/h2-7,10,20H,8-9H2,1H3,(H,17,18). The zero-order valence-corrected chi connectivity index (χ0v) is 13.2. The van der Waals surface area contributed by atoms with Crippen molar-refractivity contribution in [1.82, 2.24) is 9.55 Å². The number of halogens is 1. The molecular weight excluding hydrogens is 306 g/mol. The van der Waals surface area contributed by atoms with E-state index in [2.05, 4.69) is 14.9 Å². The molecule has 0 amide bonds. The van der Waals surface area contributed by atoms with Crippen LogP contribution in [0.25, 0.3) is 11.0 Å². The van der Waals surface area contributed by atoms with Crippen LogP contribution in [0.15, 0.2) is 36.4 Å². The normalized spacial score (nSPS) is 12.7. The third-order valence-electron chi connectivity index (χ3n) is 3.15. The van der Waals surface area contributed by atoms with Crippen LogP contribution in [-0.2, 0) is 6.54 Å². The summed E-state index contributed by atoms with van der Waals surface area (Å²) in [7, 11) is 0. The Balaban J connectivity index is 1.98. The number of rotatable bonds is 5. The van der Waals surface area contributed by atoms with Crippen LogP contribution >= 0.6 is 22.9 Å². The van der Waals surface area contributed by atoms with Gasteiger partial charge in [0.25, 0.3) is 0 Å². The van der Waals surface area contributed by atoms with Crippen LogP contribution in [-0.4, -0.2) is 27.3 Å². The average Bonchev–Trinajstić information content (AvgIpc) is 3.01. The number of aromatic nitrogens is 2. The minimum atomic E-state index is -0.422. The number of hydrogen-bond donors (Lipinski definition) is 2. The zero-order chi connectivity index (χ0) is 14.8. The second kappa shape index (κ2) is 6.05. The van der Waals surface area contributed by atoms with Crippen molar-refractivity contribution in [3.63, 3.8) is 0 Å². The Labute approximate surface area is 132 Å². The van der Waals surface area contributed by atoms with Crippen LogP contribution in [0.3, 0.4) is 0 Å². The number of thiophene rings is 1. The first-order chi connectivity index (χ1) is 10.1. The van der Waals surface area contributed by atoms with E-state index in [0.717, 1.165) is 21.3 Å². The number of benzene rings is 1. The molecule has 0 saturated carbocycles. The van der Waals surface area contributed by atoms with Crippen molar-refractivity contribution in [2.45, 2.75) is 19.6 Å². The van der Waals surface area contributed by atoms with Gasteiger partial charge in [0.15, 0.2) is 0 Å². The topological polar surface area (TPSA) is 50.1 Å². The van der Waals surface area contributed by atoms with E-state index in [1.54, 1.807) is 18.3 Å². The van der Waals surface area contributed by atoms with E-state index in [9.17, 15) is 5.11 Å². The Morgan fingerprint density at radius 3 is 2.86 bits per heavy atom. The van der Waals surface area contributed by atoms with Crippen molar-refractivity contribution in [3.8, 4) is 0 Å². The Kier molecular flexibility index (Phi) is 4.14. The molecule has 0 radical (unpaired) electrons. The highest BCUT2D eigenvalue weighted by atomic mass is 35.5. The number of nitrogens with zero attached hydrogens (tertiary/aromatic N) is 2. The molecule has 1 aromatic carbocycles. The summed E-state index contributed by atoms with van der Waals surface area (Å²) < 4.78 is 2.90. The van der Waals surface area contributed by atoms with E-state index in [1.165, 1.54) is 4.88 Å². The molecule has 0 aliphatic heterocycles. The van der Waals surface area contributed by atoms with Gasteiger partial charge in [0.05, 0.1) is 28.0 Å². The number of nitrogens with one attached hydrogen (secondary N) is 1. The first kappa shape index (κ1) is 14.4. The quantitative estimate of drug-likeness (QED) is 0.755. The number of hydrogen-bond acceptors (Lipinski definition) is 4. The molecule has 0 saturated heterocycles. The number of aliphatic hydroxyl groups excluding tert-OH is 1. The fourth-order valence-electron chi connectivity index (χ4n) is 2.20. The Morgan fingerprint density at radius 1 is 1.33 bits per heavy atom. The summed E-state index contributed by atoms with van der Waals surface area (Å²) >= 11 is 7.57. The molecule has 2 heterocycles. The van der Waals surface area contributed by atoms with Crippen molar-refractivity contribution in [2.24, 2.45) is 0 Å². The van der Waals surface area contributed by atoms with Gasteiger partial charge in [0, 0.05) is 11.4 Å². The molecule has 21 heavy (non-hydrogen) atoms. The van der Waals surface area contributed by atoms with E-state index in [0.29, 0.717) is 13.1 Å². The Morgan fingerprint density at radius 2 is 2.14 bits per heavy atom. The van der Waals surface area contributed by atoms with Gasteiger partial charge in [0.1, 0.15) is 0 Å². The molecule has 0 fully saturated rings. The van der Waals surface area contributed by atoms with Crippen molar-refractivity contribution in [1.29, 1.82) is 0 Å². The van der Waals surface area contributed by atoms with Gasteiger partial charge in [-0.05, 0) is 31.2 Å². The number of para-hydroxylation sites is 2. The van der Waals surface area contributed by atoms with Crippen LogP contribution in [0, 0.1) is 0 Å². The van der Waals surface area contributed by atoms with Crippen molar-refractivity contribution in [3.05, 3.63) is 45.6 Å². The summed E-state index contributed by atoms with van der Waals surface area (Å²) in [5.41, 5.74) is 2.00. The molecule has 1 atom stereocenters. The lowest BCUT2D eigenvalue weighted by molar-refractivity contribution is 0.208. The summed E-state index contributed by atoms with van der Waals surface area (Å²) in [6.07, 6.45) is -0.422. The monoisotopic (exact) mass is 321 g/mol. The highest BCUT2D eigenvalue weighted by Crippen LogP contribution is 2.26. The molecule has 6 heteroatoms. The third kappa shape index (κ3) is 3.20. The summed E-state index contributed by atoms with van der Waals surface area (Å²) in [4.78, 5) is 5.77. The summed E-state index contributed by atoms with van der Waals surface area (Å²) in [6, 6.07) is 11.9. The van der Waals surface area contributed by atoms with Crippen molar-refractivity contribution >= 4 is 39.9 Å². The zero-order valence-electron chi connectivity index (χ0n) is 11.6. The predicted octanol–water partition coefficient (Wildman–Crippen LogP) is 3.59.